The summed E-state index contributed by atoms with van der Waals surface area (Å²) in [5.74, 6) is -0.379. The lowest BCUT2D eigenvalue weighted by Crippen LogP contribution is -2.14. The molecule has 0 N–H and O–H groups in total. The number of nitrogens with zero attached hydrogens (tertiary/aromatic N) is 3. The van der Waals surface area contributed by atoms with Gasteiger partial charge in [0.25, 0.3) is 0 Å². The second kappa shape index (κ2) is 5.76. The molecule has 124 valence electrons. The Hall–Kier alpha value is -2.23. The predicted molar refractivity (Wildman–Crippen MR) is 74.2 cm³/mol. The van der Waals surface area contributed by atoms with Crippen LogP contribution in [0.2, 0.25) is 0 Å². The molecular weight excluding hydrogens is 335 g/mol. The molecule has 0 fully saturated rings. The quantitative estimate of drug-likeness (QED) is 0.792. The Morgan fingerprint density at radius 1 is 1.30 bits per heavy atom. The third-order valence-corrected chi connectivity index (χ3v) is 5.03. The third kappa shape index (κ3) is 3.11. The minimum Gasteiger partial charge on any atom is -0.296 e. The van der Waals surface area contributed by atoms with Crippen molar-refractivity contribution in [3.05, 3.63) is 35.2 Å². The van der Waals surface area contributed by atoms with Gasteiger partial charge in [0.2, 0.25) is 0 Å². The summed E-state index contributed by atoms with van der Waals surface area (Å²) in [6, 6.07) is 2.32. The molecular formula is C13H12F3N3O3S. The molecule has 0 unspecified atom stereocenters. The van der Waals surface area contributed by atoms with Crippen molar-refractivity contribution >= 4 is 16.1 Å². The number of aldehydes is 1. The number of hydrogen-bond donors (Lipinski definition) is 0. The Kier molecular flexibility index (Phi) is 4.29. The van der Waals surface area contributed by atoms with Gasteiger partial charge in [-0.05, 0) is 25.1 Å². The lowest BCUT2D eigenvalue weighted by atomic mass is 10.2. The zero-order chi connectivity index (χ0) is 17.4. The molecule has 0 aliphatic carbocycles. The van der Waals surface area contributed by atoms with Crippen LogP contribution >= 0.6 is 0 Å². The van der Waals surface area contributed by atoms with Gasteiger partial charge in [-0.15, -0.1) is 5.10 Å². The van der Waals surface area contributed by atoms with Crippen LogP contribution in [0.4, 0.5) is 13.2 Å². The van der Waals surface area contributed by atoms with Crippen molar-refractivity contribution < 1.29 is 26.4 Å². The lowest BCUT2D eigenvalue weighted by Gasteiger charge is -2.14. The first-order valence-electron chi connectivity index (χ1n) is 6.43. The molecule has 0 saturated heterocycles. The number of carbonyl (C=O) groups excluding carboxylic acids is 1. The molecule has 10 heteroatoms. The molecule has 23 heavy (non-hydrogen) atoms. The first-order chi connectivity index (χ1) is 10.6. The fourth-order valence-electron chi connectivity index (χ4n) is 1.95. The number of rotatable bonds is 4. The van der Waals surface area contributed by atoms with Crippen LogP contribution in [-0.4, -0.2) is 35.5 Å². The fraction of sp³-hybridized carbons (Fsp3) is 0.308. The van der Waals surface area contributed by atoms with Crippen molar-refractivity contribution in [3.8, 4) is 5.69 Å². The first kappa shape index (κ1) is 17.1. The highest BCUT2D eigenvalue weighted by atomic mass is 32.2. The van der Waals surface area contributed by atoms with Crippen molar-refractivity contribution in [1.82, 2.24) is 15.0 Å². The van der Waals surface area contributed by atoms with E-state index in [0.29, 0.717) is 12.4 Å². The van der Waals surface area contributed by atoms with E-state index < -0.39 is 26.5 Å². The standard InChI is InChI=1S/C13H12F3N3O3S/c1-3-23(21,22)12-6-9(13(14,15)16)4-5-11(12)19-8(2)10(7-20)17-18-19/h4-7H,3H2,1-2H3. The molecule has 1 aromatic heterocycles. The van der Waals surface area contributed by atoms with E-state index in [1.54, 1.807) is 0 Å². The number of alkyl halides is 3. The van der Waals surface area contributed by atoms with Gasteiger partial charge in [-0.25, -0.2) is 13.1 Å². The summed E-state index contributed by atoms with van der Waals surface area (Å²) < 4.78 is 63.9. The number of sulfone groups is 1. The van der Waals surface area contributed by atoms with Crippen LogP contribution in [0.25, 0.3) is 5.69 Å². The van der Waals surface area contributed by atoms with Crippen LogP contribution in [0.3, 0.4) is 0 Å². The summed E-state index contributed by atoms with van der Waals surface area (Å²) in [7, 11) is -3.95. The Bertz CT molecular complexity index is 857. The molecule has 0 saturated carbocycles. The SMILES string of the molecule is CCS(=O)(=O)c1cc(C(F)(F)F)ccc1-n1nnc(C=O)c1C. The van der Waals surface area contributed by atoms with E-state index in [-0.39, 0.29) is 22.8 Å². The Morgan fingerprint density at radius 3 is 2.43 bits per heavy atom. The van der Waals surface area contributed by atoms with E-state index >= 15 is 0 Å². The Labute approximate surface area is 129 Å². The summed E-state index contributed by atoms with van der Waals surface area (Å²) in [6.45, 7) is 2.79. The lowest BCUT2D eigenvalue weighted by molar-refractivity contribution is -0.137. The average Bonchev–Trinajstić information content (AvgIpc) is 2.86. The highest BCUT2D eigenvalue weighted by molar-refractivity contribution is 7.91. The molecule has 0 radical (unpaired) electrons. The van der Waals surface area contributed by atoms with Crippen LogP contribution in [-0.2, 0) is 16.0 Å². The van der Waals surface area contributed by atoms with E-state index in [1.807, 2.05) is 0 Å². The Morgan fingerprint density at radius 2 is 1.96 bits per heavy atom. The maximum atomic E-state index is 12.9. The second-order valence-corrected chi connectivity index (χ2v) is 6.92. The molecule has 0 aliphatic rings. The van der Waals surface area contributed by atoms with Gasteiger partial charge in [0.15, 0.2) is 16.1 Å². The highest BCUT2D eigenvalue weighted by Crippen LogP contribution is 2.33. The van der Waals surface area contributed by atoms with E-state index in [2.05, 4.69) is 10.3 Å². The van der Waals surface area contributed by atoms with Crippen molar-refractivity contribution in [1.29, 1.82) is 0 Å². The molecule has 2 aromatic rings. The van der Waals surface area contributed by atoms with Crippen molar-refractivity contribution in [2.75, 3.05) is 5.75 Å². The molecule has 1 heterocycles. The maximum Gasteiger partial charge on any atom is 0.416 e. The van der Waals surface area contributed by atoms with Crippen LogP contribution < -0.4 is 0 Å². The smallest absolute Gasteiger partial charge is 0.296 e. The van der Waals surface area contributed by atoms with Gasteiger partial charge in [-0.3, -0.25) is 4.79 Å². The zero-order valence-corrected chi connectivity index (χ0v) is 12.9. The van der Waals surface area contributed by atoms with Crippen LogP contribution in [0, 0.1) is 6.92 Å². The van der Waals surface area contributed by atoms with Gasteiger partial charge < -0.3 is 0 Å². The fourth-order valence-corrected chi connectivity index (χ4v) is 3.04. The summed E-state index contributed by atoms with van der Waals surface area (Å²) in [4.78, 5) is 10.3. The molecule has 2 rings (SSSR count). The molecule has 6 nitrogen and oxygen atoms in total. The average molecular weight is 347 g/mol. The van der Waals surface area contributed by atoms with Gasteiger partial charge in [-0.2, -0.15) is 13.2 Å². The highest BCUT2D eigenvalue weighted by Gasteiger charge is 2.33. The monoisotopic (exact) mass is 347 g/mol. The van der Waals surface area contributed by atoms with Crippen molar-refractivity contribution in [2.24, 2.45) is 0 Å². The molecule has 0 bridgehead atoms. The van der Waals surface area contributed by atoms with E-state index in [1.165, 1.54) is 13.8 Å². The van der Waals surface area contributed by atoms with Crippen LogP contribution in [0.1, 0.15) is 28.7 Å². The number of carbonyl (C=O) groups is 1. The third-order valence-electron chi connectivity index (χ3n) is 3.27. The minimum atomic E-state index is -4.68. The Balaban J connectivity index is 2.78. The summed E-state index contributed by atoms with van der Waals surface area (Å²) in [6.07, 6.45) is -4.25. The van der Waals surface area contributed by atoms with Crippen LogP contribution in [0.15, 0.2) is 23.1 Å². The van der Waals surface area contributed by atoms with Gasteiger partial charge in [-0.1, -0.05) is 12.1 Å². The van der Waals surface area contributed by atoms with Gasteiger partial charge >= 0.3 is 6.18 Å². The topological polar surface area (TPSA) is 81.9 Å². The number of halogens is 3. The summed E-state index contributed by atoms with van der Waals surface area (Å²) in [5, 5.41) is 7.21. The molecule has 0 aliphatic heterocycles. The molecule has 0 amide bonds. The van der Waals surface area contributed by atoms with Gasteiger partial charge in [0.1, 0.15) is 5.69 Å². The number of benzene rings is 1. The minimum absolute atomic E-state index is 0.0234. The predicted octanol–water partition coefficient (Wildman–Crippen LogP) is 2.20. The molecule has 0 spiro atoms. The summed E-state index contributed by atoms with van der Waals surface area (Å²) >= 11 is 0. The molecule has 0 atom stereocenters. The van der Waals surface area contributed by atoms with Crippen molar-refractivity contribution in [2.45, 2.75) is 24.9 Å². The number of aromatic nitrogens is 3. The van der Waals surface area contributed by atoms with Gasteiger partial charge in [0.05, 0.1) is 27.6 Å². The van der Waals surface area contributed by atoms with Gasteiger partial charge in [0, 0.05) is 0 Å². The van der Waals surface area contributed by atoms with E-state index in [9.17, 15) is 26.4 Å². The largest absolute Gasteiger partial charge is 0.416 e. The zero-order valence-electron chi connectivity index (χ0n) is 12.1. The van der Waals surface area contributed by atoms with Crippen LogP contribution in [0.5, 0.6) is 0 Å². The number of hydrogen-bond acceptors (Lipinski definition) is 5. The van der Waals surface area contributed by atoms with Crippen molar-refractivity contribution in [3.63, 3.8) is 0 Å². The maximum absolute atomic E-state index is 12.9. The normalized spacial score (nSPS) is 12.4. The van der Waals surface area contributed by atoms with E-state index in [0.717, 1.165) is 16.8 Å². The van der Waals surface area contributed by atoms with E-state index in [4.69, 9.17) is 0 Å². The summed E-state index contributed by atoms with van der Waals surface area (Å²) in [5.41, 5.74) is -0.961. The first-order valence-corrected chi connectivity index (χ1v) is 8.09. The molecule has 1 aromatic carbocycles. The second-order valence-electron chi connectivity index (χ2n) is 4.67.